The molecule has 2 N–H and O–H groups in total. The Morgan fingerprint density at radius 1 is 1.38 bits per heavy atom. The first kappa shape index (κ1) is 11.8. The van der Waals surface area contributed by atoms with E-state index in [1.165, 1.54) is 6.07 Å². The van der Waals surface area contributed by atoms with Crippen molar-refractivity contribution in [3.63, 3.8) is 0 Å². The fourth-order valence-electron chi connectivity index (χ4n) is 2.07. The molecule has 0 bridgehead atoms. The van der Waals surface area contributed by atoms with Gasteiger partial charge in [-0.2, -0.15) is 0 Å². The minimum atomic E-state index is -0.401. The van der Waals surface area contributed by atoms with Crippen molar-refractivity contribution in [1.82, 2.24) is 0 Å². The van der Waals surface area contributed by atoms with Crippen LogP contribution in [-0.4, -0.2) is 13.2 Å². The van der Waals surface area contributed by atoms with E-state index in [4.69, 9.17) is 22.1 Å². The lowest BCUT2D eigenvalue weighted by molar-refractivity contribution is 0.0583. The van der Waals surface area contributed by atoms with E-state index in [1.54, 1.807) is 12.1 Å². The summed E-state index contributed by atoms with van der Waals surface area (Å²) in [6.45, 7) is 1.49. The molecule has 1 fully saturated rings. The molecular formula is C12H15ClFNO. The van der Waals surface area contributed by atoms with Gasteiger partial charge in [-0.25, -0.2) is 4.39 Å². The van der Waals surface area contributed by atoms with Crippen molar-refractivity contribution in [3.05, 3.63) is 34.6 Å². The van der Waals surface area contributed by atoms with Gasteiger partial charge < -0.3 is 10.5 Å². The van der Waals surface area contributed by atoms with Gasteiger partial charge >= 0.3 is 0 Å². The predicted molar refractivity (Wildman–Crippen MR) is 61.9 cm³/mol. The Morgan fingerprint density at radius 2 is 2.06 bits per heavy atom. The number of rotatable bonds is 2. The molecule has 1 aromatic rings. The standard InChI is InChI=1S/C12H15ClFNO/c13-10-2-1-9(7-11(10)14)12(15)8-3-5-16-6-4-8/h1-2,7-8,12H,3-6,15H2/t12-/m0/s1. The fraction of sp³-hybridized carbons (Fsp3) is 0.500. The van der Waals surface area contributed by atoms with Crippen molar-refractivity contribution < 1.29 is 9.13 Å². The zero-order valence-electron chi connectivity index (χ0n) is 8.96. The average molecular weight is 244 g/mol. The van der Waals surface area contributed by atoms with E-state index in [-0.39, 0.29) is 11.1 Å². The molecule has 1 aromatic carbocycles. The molecule has 0 aromatic heterocycles. The second kappa shape index (κ2) is 5.13. The van der Waals surface area contributed by atoms with Crippen LogP contribution >= 0.6 is 11.6 Å². The number of ether oxygens (including phenoxy) is 1. The van der Waals surface area contributed by atoms with Crippen LogP contribution in [0.5, 0.6) is 0 Å². The Labute approximate surface area is 99.5 Å². The van der Waals surface area contributed by atoms with Crippen molar-refractivity contribution in [3.8, 4) is 0 Å². The molecule has 4 heteroatoms. The molecule has 2 rings (SSSR count). The molecule has 1 aliphatic heterocycles. The molecule has 16 heavy (non-hydrogen) atoms. The van der Waals surface area contributed by atoms with Crippen LogP contribution in [0, 0.1) is 11.7 Å². The topological polar surface area (TPSA) is 35.2 Å². The maximum absolute atomic E-state index is 13.3. The first-order valence-corrected chi connectivity index (χ1v) is 5.84. The number of hydrogen-bond acceptors (Lipinski definition) is 2. The minimum Gasteiger partial charge on any atom is -0.381 e. The van der Waals surface area contributed by atoms with Crippen LogP contribution in [0.1, 0.15) is 24.4 Å². The first-order valence-electron chi connectivity index (χ1n) is 5.47. The normalized spacial score (nSPS) is 19.7. The van der Waals surface area contributed by atoms with Gasteiger partial charge in [0.1, 0.15) is 5.82 Å². The van der Waals surface area contributed by atoms with Gasteiger partial charge in [0.05, 0.1) is 5.02 Å². The largest absolute Gasteiger partial charge is 0.381 e. The van der Waals surface area contributed by atoms with Crippen molar-refractivity contribution in [2.45, 2.75) is 18.9 Å². The highest BCUT2D eigenvalue weighted by molar-refractivity contribution is 6.30. The summed E-state index contributed by atoms with van der Waals surface area (Å²) in [6, 6.07) is 4.66. The average Bonchev–Trinajstić information content (AvgIpc) is 2.33. The Balaban J connectivity index is 2.12. The van der Waals surface area contributed by atoms with E-state index < -0.39 is 5.82 Å². The summed E-state index contributed by atoms with van der Waals surface area (Å²) in [7, 11) is 0. The van der Waals surface area contributed by atoms with Gasteiger partial charge in [-0.15, -0.1) is 0 Å². The molecule has 0 amide bonds. The second-order valence-electron chi connectivity index (χ2n) is 4.15. The molecule has 0 aliphatic carbocycles. The third-order valence-electron chi connectivity index (χ3n) is 3.10. The summed E-state index contributed by atoms with van der Waals surface area (Å²) < 4.78 is 18.6. The molecule has 1 saturated heterocycles. The number of hydrogen-bond donors (Lipinski definition) is 1. The lowest BCUT2D eigenvalue weighted by Crippen LogP contribution is -2.27. The highest BCUT2D eigenvalue weighted by atomic mass is 35.5. The van der Waals surface area contributed by atoms with Crippen LogP contribution in [-0.2, 0) is 4.74 Å². The van der Waals surface area contributed by atoms with Gasteiger partial charge in [0, 0.05) is 19.3 Å². The summed E-state index contributed by atoms with van der Waals surface area (Å²) in [5.41, 5.74) is 6.94. The Bertz CT molecular complexity index is 366. The molecule has 1 heterocycles. The monoisotopic (exact) mass is 243 g/mol. The lowest BCUT2D eigenvalue weighted by Gasteiger charge is -2.27. The molecule has 88 valence electrons. The number of halogens is 2. The zero-order valence-corrected chi connectivity index (χ0v) is 9.71. The highest BCUT2D eigenvalue weighted by Gasteiger charge is 2.22. The van der Waals surface area contributed by atoms with Crippen molar-refractivity contribution in [2.75, 3.05) is 13.2 Å². The summed E-state index contributed by atoms with van der Waals surface area (Å²) >= 11 is 5.64. The molecule has 0 saturated carbocycles. The molecule has 1 atom stereocenters. The maximum Gasteiger partial charge on any atom is 0.142 e. The van der Waals surface area contributed by atoms with Crippen LogP contribution < -0.4 is 5.73 Å². The molecule has 0 unspecified atom stereocenters. The lowest BCUT2D eigenvalue weighted by atomic mass is 9.88. The van der Waals surface area contributed by atoms with Gasteiger partial charge in [0.25, 0.3) is 0 Å². The van der Waals surface area contributed by atoms with Crippen molar-refractivity contribution >= 4 is 11.6 Å². The molecule has 2 nitrogen and oxygen atoms in total. The van der Waals surface area contributed by atoms with Gasteiger partial charge in [-0.05, 0) is 36.5 Å². The van der Waals surface area contributed by atoms with E-state index in [1.807, 2.05) is 0 Å². The number of nitrogens with two attached hydrogens (primary N) is 1. The smallest absolute Gasteiger partial charge is 0.142 e. The predicted octanol–water partition coefficient (Wildman–Crippen LogP) is 2.91. The highest BCUT2D eigenvalue weighted by Crippen LogP contribution is 2.29. The summed E-state index contributed by atoms with van der Waals surface area (Å²) in [4.78, 5) is 0. The first-order chi connectivity index (χ1) is 7.68. The van der Waals surface area contributed by atoms with Crippen molar-refractivity contribution in [1.29, 1.82) is 0 Å². The van der Waals surface area contributed by atoms with Crippen LogP contribution in [0.25, 0.3) is 0 Å². The van der Waals surface area contributed by atoms with E-state index in [0.717, 1.165) is 31.6 Å². The van der Waals surface area contributed by atoms with Crippen LogP contribution in [0.4, 0.5) is 4.39 Å². The maximum atomic E-state index is 13.3. The molecule has 0 radical (unpaired) electrons. The van der Waals surface area contributed by atoms with Gasteiger partial charge in [-0.3, -0.25) is 0 Å². The van der Waals surface area contributed by atoms with E-state index in [2.05, 4.69) is 0 Å². The van der Waals surface area contributed by atoms with E-state index in [9.17, 15) is 4.39 Å². The van der Waals surface area contributed by atoms with Crippen LogP contribution in [0.2, 0.25) is 5.02 Å². The van der Waals surface area contributed by atoms with Gasteiger partial charge in [0.2, 0.25) is 0 Å². The van der Waals surface area contributed by atoms with Crippen molar-refractivity contribution in [2.24, 2.45) is 11.7 Å². The number of benzene rings is 1. The summed E-state index contributed by atoms with van der Waals surface area (Å²) in [6.07, 6.45) is 1.87. The summed E-state index contributed by atoms with van der Waals surface area (Å²) in [5.74, 6) is -0.0315. The van der Waals surface area contributed by atoms with Crippen LogP contribution in [0.3, 0.4) is 0 Å². The van der Waals surface area contributed by atoms with Crippen LogP contribution in [0.15, 0.2) is 18.2 Å². The minimum absolute atomic E-state index is 0.129. The van der Waals surface area contributed by atoms with E-state index in [0.29, 0.717) is 5.92 Å². The molecule has 0 spiro atoms. The van der Waals surface area contributed by atoms with Gasteiger partial charge in [-0.1, -0.05) is 17.7 Å². The van der Waals surface area contributed by atoms with Gasteiger partial charge in [0.15, 0.2) is 0 Å². The SMILES string of the molecule is N[C@H](c1ccc(Cl)c(F)c1)C1CCOCC1. The second-order valence-corrected chi connectivity index (χ2v) is 4.56. The Hall–Kier alpha value is -0.640. The Morgan fingerprint density at radius 3 is 2.69 bits per heavy atom. The third kappa shape index (κ3) is 2.54. The molecular weight excluding hydrogens is 229 g/mol. The molecule has 1 aliphatic rings. The quantitative estimate of drug-likeness (QED) is 0.867. The Kier molecular flexibility index (Phi) is 3.79. The fourth-order valence-corrected chi connectivity index (χ4v) is 2.18. The third-order valence-corrected chi connectivity index (χ3v) is 3.41. The zero-order chi connectivity index (χ0) is 11.5. The summed E-state index contributed by atoms with van der Waals surface area (Å²) in [5, 5.41) is 0.142. The van der Waals surface area contributed by atoms with E-state index >= 15 is 0 Å².